The van der Waals surface area contributed by atoms with Crippen LogP contribution in [0.1, 0.15) is 33.0 Å². The Labute approximate surface area is 101 Å². The molecule has 0 spiro atoms. The van der Waals surface area contributed by atoms with E-state index in [4.69, 9.17) is 0 Å². The number of amides is 1. The van der Waals surface area contributed by atoms with Gasteiger partial charge in [-0.3, -0.25) is 4.79 Å². The molecule has 17 heavy (non-hydrogen) atoms. The quantitative estimate of drug-likeness (QED) is 0.831. The maximum atomic E-state index is 12.0. The fourth-order valence-corrected chi connectivity index (χ4v) is 2.14. The summed E-state index contributed by atoms with van der Waals surface area (Å²) in [4.78, 5) is 13.8. The van der Waals surface area contributed by atoms with Crippen molar-refractivity contribution in [3.63, 3.8) is 0 Å². The van der Waals surface area contributed by atoms with E-state index >= 15 is 0 Å². The summed E-state index contributed by atoms with van der Waals surface area (Å²) in [6.07, 6.45) is 1.02. The molecule has 0 aromatic carbocycles. The van der Waals surface area contributed by atoms with Gasteiger partial charge in [-0.2, -0.15) is 5.21 Å². The minimum atomic E-state index is -0.282. The van der Waals surface area contributed by atoms with Crippen LogP contribution in [0.5, 0.6) is 0 Å². The van der Waals surface area contributed by atoms with Gasteiger partial charge in [-0.1, -0.05) is 26.0 Å². The Morgan fingerprint density at radius 1 is 1.59 bits per heavy atom. The normalized spacial score (nSPS) is 23.5. The van der Waals surface area contributed by atoms with Crippen molar-refractivity contribution in [1.29, 1.82) is 0 Å². The second-order valence-electron chi connectivity index (χ2n) is 5.63. The summed E-state index contributed by atoms with van der Waals surface area (Å²) in [7, 11) is 1.84. The van der Waals surface area contributed by atoms with Gasteiger partial charge < -0.3 is 4.90 Å². The van der Waals surface area contributed by atoms with Gasteiger partial charge in [0.1, 0.15) is 0 Å². The minimum absolute atomic E-state index is 0.223. The molecule has 6 nitrogen and oxygen atoms in total. The third kappa shape index (κ3) is 2.45. The summed E-state index contributed by atoms with van der Waals surface area (Å²) in [5, 5.41) is 14.0. The van der Waals surface area contributed by atoms with Crippen molar-refractivity contribution in [3.05, 3.63) is 5.82 Å². The first-order chi connectivity index (χ1) is 7.92. The first kappa shape index (κ1) is 12.0. The predicted molar refractivity (Wildman–Crippen MR) is 62.1 cm³/mol. The van der Waals surface area contributed by atoms with Crippen LogP contribution in [0.25, 0.3) is 0 Å². The third-order valence-corrected chi connectivity index (χ3v) is 3.39. The van der Waals surface area contributed by atoms with Crippen LogP contribution in [0.15, 0.2) is 0 Å². The molecule has 2 rings (SSSR count). The van der Waals surface area contributed by atoms with Crippen molar-refractivity contribution in [2.24, 2.45) is 11.8 Å². The van der Waals surface area contributed by atoms with Gasteiger partial charge in [-0.15, -0.1) is 10.2 Å². The molecule has 1 fully saturated rings. The van der Waals surface area contributed by atoms with E-state index in [2.05, 4.69) is 27.5 Å². The summed E-state index contributed by atoms with van der Waals surface area (Å²) in [6.45, 7) is 6.74. The zero-order chi connectivity index (χ0) is 12.6. The highest BCUT2D eigenvalue weighted by Gasteiger charge is 2.41. The van der Waals surface area contributed by atoms with Crippen molar-refractivity contribution in [2.45, 2.75) is 32.6 Å². The third-order valence-electron chi connectivity index (χ3n) is 3.39. The number of hydrogen-bond donors (Lipinski definition) is 1. The molecule has 0 radical (unpaired) electrons. The van der Waals surface area contributed by atoms with E-state index in [1.54, 1.807) is 4.90 Å². The summed E-state index contributed by atoms with van der Waals surface area (Å²) in [5.41, 5.74) is -0.282. The van der Waals surface area contributed by atoms with Crippen molar-refractivity contribution in [1.82, 2.24) is 25.5 Å². The molecule has 0 aliphatic heterocycles. The monoisotopic (exact) mass is 237 g/mol. The fraction of sp³-hybridized carbons (Fsp3) is 0.818. The van der Waals surface area contributed by atoms with Crippen molar-refractivity contribution in [2.75, 3.05) is 13.6 Å². The number of aromatic nitrogens is 4. The lowest BCUT2D eigenvalue weighted by Gasteiger charge is -2.27. The van der Waals surface area contributed by atoms with Crippen LogP contribution < -0.4 is 0 Å². The molecule has 1 amide bonds. The van der Waals surface area contributed by atoms with Crippen molar-refractivity contribution >= 4 is 5.91 Å². The van der Waals surface area contributed by atoms with Gasteiger partial charge in [0.25, 0.3) is 0 Å². The molecule has 6 heteroatoms. The molecular formula is C11H19N5O. The lowest BCUT2D eigenvalue weighted by molar-refractivity contribution is -0.132. The second-order valence-corrected chi connectivity index (χ2v) is 5.63. The zero-order valence-corrected chi connectivity index (χ0v) is 10.8. The predicted octanol–water partition coefficient (Wildman–Crippen LogP) is 0.592. The first-order valence-electron chi connectivity index (χ1n) is 5.91. The lowest BCUT2D eigenvalue weighted by atomic mass is 9.92. The maximum Gasteiger partial charge on any atom is 0.225 e. The number of nitrogens with one attached hydrogen (secondary N) is 1. The Bertz CT molecular complexity index is 400. The van der Waals surface area contributed by atoms with E-state index in [9.17, 15) is 4.79 Å². The largest absolute Gasteiger partial charge is 0.345 e. The first-order valence-corrected chi connectivity index (χ1v) is 5.91. The second kappa shape index (κ2) is 4.09. The molecule has 0 saturated heterocycles. The van der Waals surface area contributed by atoms with Crippen LogP contribution in [0.2, 0.25) is 0 Å². The smallest absolute Gasteiger partial charge is 0.225 e. The molecule has 1 aromatic heterocycles. The van der Waals surface area contributed by atoms with Crippen LogP contribution in [-0.4, -0.2) is 45.0 Å². The highest BCUT2D eigenvalue weighted by Crippen LogP contribution is 2.39. The molecule has 2 atom stereocenters. The molecule has 0 bridgehead atoms. The van der Waals surface area contributed by atoms with Crippen molar-refractivity contribution in [3.8, 4) is 0 Å². The van der Waals surface area contributed by atoms with Gasteiger partial charge in [-0.25, -0.2) is 0 Å². The van der Waals surface area contributed by atoms with Crippen LogP contribution in [0.4, 0.5) is 0 Å². The summed E-state index contributed by atoms with van der Waals surface area (Å²) >= 11 is 0. The Kier molecular flexibility index (Phi) is 2.89. The van der Waals surface area contributed by atoms with E-state index < -0.39 is 0 Å². The van der Waals surface area contributed by atoms with E-state index in [0.717, 1.165) is 6.42 Å². The molecule has 1 saturated carbocycles. The summed E-state index contributed by atoms with van der Waals surface area (Å²) in [6, 6.07) is 0. The number of tetrazole rings is 1. The average Bonchev–Trinajstić information content (AvgIpc) is 2.79. The van der Waals surface area contributed by atoms with Gasteiger partial charge in [-0.05, 0) is 12.3 Å². The molecule has 1 N–H and O–H groups in total. The number of carbonyl (C=O) groups is 1. The van der Waals surface area contributed by atoms with Crippen LogP contribution >= 0.6 is 0 Å². The average molecular weight is 237 g/mol. The van der Waals surface area contributed by atoms with E-state index in [0.29, 0.717) is 18.3 Å². The molecule has 1 aliphatic carbocycles. The molecular weight excluding hydrogens is 218 g/mol. The van der Waals surface area contributed by atoms with Crippen LogP contribution in [-0.2, 0) is 10.2 Å². The Morgan fingerprint density at radius 2 is 2.24 bits per heavy atom. The molecule has 1 aliphatic rings. The van der Waals surface area contributed by atoms with Gasteiger partial charge in [0.2, 0.25) is 5.91 Å². The highest BCUT2D eigenvalue weighted by atomic mass is 16.2. The standard InChI is InChI=1S/C11H19N5O/c1-7-5-8(7)9(17)16(4)6-11(2,3)10-12-14-15-13-10/h7-8H,5-6H2,1-4H3,(H,12,13,14,15). The zero-order valence-electron chi connectivity index (χ0n) is 10.8. The summed E-state index contributed by atoms with van der Waals surface area (Å²) < 4.78 is 0. The fourth-order valence-electron chi connectivity index (χ4n) is 2.14. The maximum absolute atomic E-state index is 12.0. The van der Waals surface area contributed by atoms with Gasteiger partial charge >= 0.3 is 0 Å². The molecule has 1 heterocycles. The number of carbonyl (C=O) groups excluding carboxylic acids is 1. The molecule has 2 unspecified atom stereocenters. The van der Waals surface area contributed by atoms with E-state index in [1.807, 2.05) is 20.9 Å². The topological polar surface area (TPSA) is 74.8 Å². The number of H-pyrrole nitrogens is 1. The number of hydrogen-bond acceptors (Lipinski definition) is 4. The van der Waals surface area contributed by atoms with Crippen LogP contribution in [0.3, 0.4) is 0 Å². The molecule has 1 aromatic rings. The number of aromatic amines is 1. The minimum Gasteiger partial charge on any atom is -0.345 e. The Morgan fingerprint density at radius 3 is 2.71 bits per heavy atom. The van der Waals surface area contributed by atoms with Gasteiger partial charge in [0.05, 0.1) is 0 Å². The van der Waals surface area contributed by atoms with E-state index in [1.165, 1.54) is 0 Å². The number of rotatable bonds is 4. The van der Waals surface area contributed by atoms with Crippen LogP contribution in [0, 0.1) is 11.8 Å². The Hall–Kier alpha value is -1.46. The van der Waals surface area contributed by atoms with Crippen molar-refractivity contribution < 1.29 is 4.79 Å². The number of nitrogens with zero attached hydrogens (tertiary/aromatic N) is 4. The highest BCUT2D eigenvalue weighted by molar-refractivity contribution is 5.81. The van der Waals surface area contributed by atoms with E-state index in [-0.39, 0.29) is 17.2 Å². The molecule has 94 valence electrons. The Balaban J connectivity index is 1.98. The number of likely N-dealkylation sites (N-methyl/N-ethyl adjacent to an activating group) is 1. The lowest BCUT2D eigenvalue weighted by Crippen LogP contribution is -2.39. The SMILES string of the molecule is CC1CC1C(=O)N(C)CC(C)(C)c1nn[nH]n1. The van der Waals surface area contributed by atoms with Gasteiger partial charge in [0, 0.05) is 24.9 Å². The summed E-state index contributed by atoms with van der Waals surface area (Å²) in [5.74, 6) is 1.63. The van der Waals surface area contributed by atoms with Gasteiger partial charge in [0.15, 0.2) is 5.82 Å².